The smallest absolute Gasteiger partial charge is 0.306 e. The first-order valence-electron chi connectivity index (χ1n) is 13.5. The molecule has 0 spiro atoms. The van der Waals surface area contributed by atoms with E-state index >= 15 is 0 Å². The van der Waals surface area contributed by atoms with Gasteiger partial charge in [-0.3, -0.25) is 13.6 Å². The van der Waals surface area contributed by atoms with Crippen molar-refractivity contribution >= 4 is 19.9 Å². The molecular weight excluding hydrogens is 583 g/mol. The van der Waals surface area contributed by atoms with E-state index in [2.05, 4.69) is 26.3 Å². The van der Waals surface area contributed by atoms with Crippen molar-refractivity contribution in [1.29, 1.82) is 0 Å². The molecule has 16 heteroatoms. The van der Waals surface area contributed by atoms with Gasteiger partial charge in [0.15, 0.2) is 0 Å². The molecule has 0 aliphatic carbocycles. The van der Waals surface area contributed by atoms with E-state index in [9.17, 15) is 28.5 Å². The normalized spacial score (nSPS) is 22.9. The number of carbonyl (C=O) groups is 2. The third-order valence-corrected chi connectivity index (χ3v) is 8.14. The lowest BCUT2D eigenvalue weighted by Crippen LogP contribution is -2.64. The highest BCUT2D eigenvalue weighted by Crippen LogP contribution is 2.57. The molecular formula is C27H39N6O9P. The number of imide groups is 1. The van der Waals surface area contributed by atoms with Gasteiger partial charge in [0.05, 0.1) is 50.5 Å². The van der Waals surface area contributed by atoms with Crippen LogP contribution in [0.3, 0.4) is 0 Å². The van der Waals surface area contributed by atoms with Crippen LogP contribution < -0.4 is 17.1 Å². The van der Waals surface area contributed by atoms with Crippen molar-refractivity contribution in [3.05, 3.63) is 82.1 Å². The third kappa shape index (κ3) is 7.42. The number of rotatable bonds is 13. The number of nitrogens with zero attached hydrogens (tertiary/aromatic N) is 6. The summed E-state index contributed by atoms with van der Waals surface area (Å²) in [5, 5.41) is 0. The zero-order chi connectivity index (χ0) is 32.2. The first-order chi connectivity index (χ1) is 20.1. The minimum absolute atomic E-state index is 0.0747. The van der Waals surface area contributed by atoms with E-state index in [1.807, 2.05) is 0 Å². The van der Waals surface area contributed by atoms with Gasteiger partial charge in [-0.1, -0.05) is 24.3 Å². The molecule has 0 radical (unpaired) electrons. The van der Waals surface area contributed by atoms with Crippen LogP contribution in [0.5, 0.6) is 0 Å². The lowest BCUT2D eigenvalue weighted by Gasteiger charge is -2.46. The Balaban J connectivity index is 2.13. The molecule has 3 rings (SSSR count). The predicted molar refractivity (Wildman–Crippen MR) is 159 cm³/mol. The van der Waals surface area contributed by atoms with Crippen LogP contribution in [0, 0.1) is 5.41 Å². The Morgan fingerprint density at radius 1 is 0.744 bits per heavy atom. The topological polar surface area (TPSA) is 155 Å². The summed E-state index contributed by atoms with van der Waals surface area (Å²) in [4.78, 5) is 70.0. The summed E-state index contributed by atoms with van der Waals surface area (Å²) in [6, 6.07) is -1.20. The SMILES string of the molecule is C=CCN1CN(CC2(Cn3c(=O)n(CC=C)c(=O)n(CC=C)c3=O)COP(=O)(OC(C)(C)C)OC2)C(=O)N(CC=C)C1=O. The lowest BCUT2D eigenvalue weighted by atomic mass is 9.89. The summed E-state index contributed by atoms with van der Waals surface area (Å²) in [7, 11) is -4.07. The number of aromatic nitrogens is 3. The van der Waals surface area contributed by atoms with Crippen LogP contribution in [0.15, 0.2) is 65.0 Å². The Morgan fingerprint density at radius 2 is 1.21 bits per heavy atom. The fourth-order valence-electron chi connectivity index (χ4n) is 4.71. The van der Waals surface area contributed by atoms with Gasteiger partial charge in [-0.2, -0.15) is 0 Å². The first kappa shape index (κ1) is 33.7. The first-order valence-corrected chi connectivity index (χ1v) is 14.9. The van der Waals surface area contributed by atoms with Gasteiger partial charge in [-0.15, -0.1) is 26.3 Å². The molecule has 43 heavy (non-hydrogen) atoms. The Labute approximate surface area is 249 Å². The highest BCUT2D eigenvalue weighted by atomic mass is 31.2. The molecule has 0 aromatic carbocycles. The number of amides is 4. The van der Waals surface area contributed by atoms with Crippen LogP contribution in [-0.2, 0) is 37.8 Å². The zero-order valence-electron chi connectivity index (χ0n) is 24.8. The number of carbonyl (C=O) groups excluding carboxylic acids is 2. The number of allylic oxidation sites excluding steroid dienone is 2. The molecule has 2 fully saturated rings. The maximum absolute atomic E-state index is 13.5. The van der Waals surface area contributed by atoms with Gasteiger partial charge in [0.25, 0.3) is 0 Å². The Hall–Kier alpha value is -3.78. The number of urea groups is 2. The van der Waals surface area contributed by atoms with Gasteiger partial charge in [0.2, 0.25) is 0 Å². The van der Waals surface area contributed by atoms with Gasteiger partial charge in [-0.25, -0.2) is 47.1 Å². The average Bonchev–Trinajstić information content (AvgIpc) is 2.93. The molecule has 2 aliphatic rings. The monoisotopic (exact) mass is 622 g/mol. The molecule has 1 aromatic heterocycles. The summed E-state index contributed by atoms with van der Waals surface area (Å²) in [6.45, 7) is 17.6. The minimum Gasteiger partial charge on any atom is -0.306 e. The van der Waals surface area contributed by atoms with E-state index in [1.165, 1.54) is 34.1 Å². The quantitative estimate of drug-likeness (QED) is 0.237. The number of hydrogen-bond acceptors (Lipinski definition) is 9. The van der Waals surface area contributed by atoms with Gasteiger partial charge < -0.3 is 9.80 Å². The van der Waals surface area contributed by atoms with Gasteiger partial charge in [0.1, 0.15) is 0 Å². The largest absolute Gasteiger partial charge is 0.475 e. The van der Waals surface area contributed by atoms with Gasteiger partial charge in [0, 0.05) is 19.6 Å². The fourth-order valence-corrected chi connectivity index (χ4v) is 6.42. The average molecular weight is 623 g/mol. The highest BCUT2D eigenvalue weighted by molar-refractivity contribution is 7.48. The molecule has 0 bridgehead atoms. The second-order valence-corrected chi connectivity index (χ2v) is 12.8. The van der Waals surface area contributed by atoms with Crippen LogP contribution in [0.25, 0.3) is 0 Å². The number of phosphoric acid groups is 1. The standard InChI is InChI=1S/C27H39N6O9P/c1-8-12-28-20-29(22(35)30(13-9-2)21(28)34)16-27(18-40-43(39,41-19-27)42-26(5,6)7)17-33-24(37)31(14-10-3)23(36)32(15-11-4)25(33)38/h8-11H,1-4,12-20H2,5-7H3. The Bertz CT molecular complexity index is 1460. The maximum Gasteiger partial charge on any atom is 0.475 e. The Morgan fingerprint density at radius 3 is 1.67 bits per heavy atom. The number of phosphoric ester groups is 1. The molecule has 3 heterocycles. The van der Waals surface area contributed by atoms with Gasteiger partial charge >= 0.3 is 37.0 Å². The summed E-state index contributed by atoms with van der Waals surface area (Å²) in [5.41, 5.74) is -4.95. The number of hydrogen-bond donors (Lipinski definition) is 0. The van der Waals surface area contributed by atoms with Crippen LogP contribution in [0.2, 0.25) is 0 Å². The van der Waals surface area contributed by atoms with E-state index in [0.29, 0.717) is 0 Å². The lowest BCUT2D eigenvalue weighted by molar-refractivity contribution is -0.0612. The molecule has 0 unspecified atom stereocenters. The van der Waals surface area contributed by atoms with Crippen LogP contribution in [0.4, 0.5) is 9.59 Å². The summed E-state index contributed by atoms with van der Waals surface area (Å²) in [6.07, 6.45) is 5.58. The molecule has 0 saturated carbocycles. The third-order valence-electron chi connectivity index (χ3n) is 6.48. The van der Waals surface area contributed by atoms with Crippen molar-refractivity contribution in [2.24, 2.45) is 5.41 Å². The van der Waals surface area contributed by atoms with Crippen molar-refractivity contribution in [1.82, 2.24) is 28.4 Å². The maximum atomic E-state index is 13.5. The second-order valence-electron chi connectivity index (χ2n) is 11.2. The molecule has 2 aliphatic heterocycles. The summed E-state index contributed by atoms with van der Waals surface area (Å²) in [5.74, 6) is 0. The van der Waals surface area contributed by atoms with Gasteiger partial charge in [-0.05, 0) is 20.8 Å². The van der Waals surface area contributed by atoms with Crippen LogP contribution >= 0.6 is 7.82 Å². The minimum atomic E-state index is -4.07. The Kier molecular flexibility index (Phi) is 10.4. The molecule has 236 valence electrons. The van der Waals surface area contributed by atoms with Crippen molar-refractivity contribution in [3.8, 4) is 0 Å². The summed E-state index contributed by atoms with van der Waals surface area (Å²) < 4.78 is 32.7. The predicted octanol–water partition coefficient (Wildman–Crippen LogP) is 1.99. The zero-order valence-corrected chi connectivity index (χ0v) is 25.7. The van der Waals surface area contributed by atoms with Crippen LogP contribution in [0.1, 0.15) is 20.8 Å². The van der Waals surface area contributed by atoms with E-state index in [0.717, 1.165) is 18.6 Å². The molecule has 2 saturated heterocycles. The molecule has 0 atom stereocenters. The second kappa shape index (κ2) is 13.2. The van der Waals surface area contributed by atoms with Crippen molar-refractivity contribution < 1.29 is 27.7 Å². The van der Waals surface area contributed by atoms with E-state index in [-0.39, 0.29) is 52.6 Å². The highest BCUT2D eigenvalue weighted by Gasteiger charge is 2.49. The van der Waals surface area contributed by atoms with E-state index < -0.39 is 54.5 Å². The van der Waals surface area contributed by atoms with Crippen molar-refractivity contribution in [2.45, 2.75) is 46.0 Å². The van der Waals surface area contributed by atoms with Crippen molar-refractivity contribution in [2.75, 3.05) is 39.5 Å². The molecule has 4 amide bonds. The fraction of sp³-hybridized carbons (Fsp3) is 0.519. The van der Waals surface area contributed by atoms with E-state index in [4.69, 9.17) is 13.6 Å². The molecule has 15 nitrogen and oxygen atoms in total. The van der Waals surface area contributed by atoms with E-state index in [1.54, 1.807) is 20.8 Å². The van der Waals surface area contributed by atoms with Crippen molar-refractivity contribution in [3.63, 3.8) is 0 Å². The molecule has 1 aromatic rings. The molecule has 0 N–H and O–H groups in total. The van der Waals surface area contributed by atoms with Crippen LogP contribution in [-0.4, -0.2) is 85.6 Å². The summed E-state index contributed by atoms with van der Waals surface area (Å²) >= 11 is 0.